The van der Waals surface area contributed by atoms with Gasteiger partial charge >= 0.3 is 5.97 Å². The van der Waals surface area contributed by atoms with Crippen LogP contribution in [0, 0.1) is 0 Å². The van der Waals surface area contributed by atoms with Gasteiger partial charge in [-0.2, -0.15) is 0 Å². The van der Waals surface area contributed by atoms with Crippen LogP contribution in [0.5, 0.6) is 0 Å². The summed E-state index contributed by atoms with van der Waals surface area (Å²) in [5.74, 6) is -0.273. The molecule has 0 radical (unpaired) electrons. The van der Waals surface area contributed by atoms with Crippen molar-refractivity contribution >= 4 is 5.97 Å². The zero-order valence-corrected chi connectivity index (χ0v) is 13.4. The second kappa shape index (κ2) is 14.6. The first-order valence-corrected chi connectivity index (χ1v) is 8.08. The van der Waals surface area contributed by atoms with Crippen LogP contribution in [0.4, 0.5) is 0 Å². The van der Waals surface area contributed by atoms with E-state index in [2.05, 4.69) is 13.5 Å². The first-order chi connectivity index (χ1) is 9.68. The molecule has 0 fully saturated rings. The van der Waals surface area contributed by atoms with Crippen molar-refractivity contribution in [3.8, 4) is 0 Å². The number of unbranched alkanes of at least 4 members (excludes halogenated alkanes) is 7. The molecule has 20 heavy (non-hydrogen) atoms. The predicted molar refractivity (Wildman–Crippen MR) is 83.8 cm³/mol. The Balaban J connectivity index is 3.06. The van der Waals surface area contributed by atoms with Crippen LogP contribution in [-0.2, 0) is 14.3 Å². The first kappa shape index (κ1) is 19.2. The summed E-state index contributed by atoms with van der Waals surface area (Å²) in [7, 11) is 0. The molecule has 118 valence electrons. The molecule has 0 aromatic carbocycles. The Morgan fingerprint density at radius 2 is 1.35 bits per heavy atom. The molecule has 0 aliphatic rings. The molecule has 0 aromatic rings. The standard InChI is InChI=1S/C17H32O3/c1-4-5-10-13-19-14-11-8-6-7-9-12-15-20-17(18)16(2)3/h2,4-15H2,1,3H3. The average molecular weight is 284 g/mol. The third-order valence-corrected chi connectivity index (χ3v) is 3.16. The highest BCUT2D eigenvalue weighted by molar-refractivity contribution is 5.86. The minimum atomic E-state index is -0.273. The van der Waals surface area contributed by atoms with Crippen LogP contribution in [0.3, 0.4) is 0 Å². The summed E-state index contributed by atoms with van der Waals surface area (Å²) in [6, 6.07) is 0. The van der Waals surface area contributed by atoms with Gasteiger partial charge in [-0.3, -0.25) is 0 Å². The van der Waals surface area contributed by atoms with Crippen molar-refractivity contribution in [2.45, 2.75) is 71.6 Å². The van der Waals surface area contributed by atoms with Gasteiger partial charge < -0.3 is 9.47 Å². The number of carbonyl (C=O) groups is 1. The van der Waals surface area contributed by atoms with E-state index in [0.29, 0.717) is 12.2 Å². The van der Waals surface area contributed by atoms with Gasteiger partial charge in [-0.05, 0) is 26.2 Å². The van der Waals surface area contributed by atoms with E-state index < -0.39 is 0 Å². The highest BCUT2D eigenvalue weighted by Gasteiger charge is 2.01. The second-order valence-corrected chi connectivity index (χ2v) is 5.36. The van der Waals surface area contributed by atoms with Gasteiger partial charge in [0.05, 0.1) is 6.61 Å². The maximum absolute atomic E-state index is 11.1. The van der Waals surface area contributed by atoms with Crippen molar-refractivity contribution in [1.82, 2.24) is 0 Å². The largest absolute Gasteiger partial charge is 0.462 e. The average Bonchev–Trinajstić information content (AvgIpc) is 2.43. The molecule has 0 saturated carbocycles. The molecule has 0 heterocycles. The van der Waals surface area contributed by atoms with E-state index in [9.17, 15) is 4.79 Å². The minimum Gasteiger partial charge on any atom is -0.462 e. The van der Waals surface area contributed by atoms with E-state index in [1.807, 2.05) is 0 Å². The van der Waals surface area contributed by atoms with Gasteiger partial charge in [-0.15, -0.1) is 0 Å². The summed E-state index contributed by atoms with van der Waals surface area (Å²) in [5.41, 5.74) is 0.476. The lowest BCUT2D eigenvalue weighted by Gasteiger charge is -2.05. The molecule has 0 aliphatic heterocycles. The van der Waals surface area contributed by atoms with Crippen molar-refractivity contribution in [2.24, 2.45) is 0 Å². The third-order valence-electron chi connectivity index (χ3n) is 3.16. The van der Waals surface area contributed by atoms with Crippen LogP contribution >= 0.6 is 0 Å². The molecule has 0 amide bonds. The number of hydrogen-bond acceptors (Lipinski definition) is 3. The summed E-state index contributed by atoms with van der Waals surface area (Å²) in [5, 5.41) is 0. The van der Waals surface area contributed by atoms with Gasteiger partial charge in [0.2, 0.25) is 0 Å². The second-order valence-electron chi connectivity index (χ2n) is 5.36. The molecule has 0 bridgehead atoms. The quantitative estimate of drug-likeness (QED) is 0.264. The van der Waals surface area contributed by atoms with Gasteiger partial charge in [0, 0.05) is 18.8 Å². The SMILES string of the molecule is C=C(C)C(=O)OCCCCCCCCOCCCCC. The van der Waals surface area contributed by atoms with Crippen molar-refractivity contribution in [2.75, 3.05) is 19.8 Å². The topological polar surface area (TPSA) is 35.5 Å². The number of ether oxygens (including phenoxy) is 2. The lowest BCUT2D eigenvalue weighted by molar-refractivity contribution is -0.139. The van der Waals surface area contributed by atoms with E-state index in [1.54, 1.807) is 6.92 Å². The smallest absolute Gasteiger partial charge is 0.333 e. The molecule has 0 aromatic heterocycles. The van der Waals surface area contributed by atoms with Crippen LogP contribution in [0.15, 0.2) is 12.2 Å². The van der Waals surface area contributed by atoms with E-state index in [-0.39, 0.29) is 5.97 Å². The van der Waals surface area contributed by atoms with Crippen LogP contribution in [0.1, 0.15) is 71.6 Å². The number of rotatable bonds is 14. The Labute approximate surface area is 124 Å². The Hall–Kier alpha value is -0.830. The van der Waals surface area contributed by atoms with E-state index >= 15 is 0 Å². The van der Waals surface area contributed by atoms with Crippen LogP contribution in [-0.4, -0.2) is 25.8 Å². The zero-order valence-electron chi connectivity index (χ0n) is 13.4. The maximum Gasteiger partial charge on any atom is 0.333 e. The van der Waals surface area contributed by atoms with E-state index in [0.717, 1.165) is 32.5 Å². The molecule has 0 spiro atoms. The summed E-state index contributed by atoms with van der Waals surface area (Å²) in [4.78, 5) is 11.1. The van der Waals surface area contributed by atoms with Crippen LogP contribution < -0.4 is 0 Å². The minimum absolute atomic E-state index is 0.273. The van der Waals surface area contributed by atoms with Crippen molar-refractivity contribution < 1.29 is 14.3 Å². The molecular formula is C17H32O3. The van der Waals surface area contributed by atoms with Crippen LogP contribution in [0.2, 0.25) is 0 Å². The first-order valence-electron chi connectivity index (χ1n) is 8.08. The number of esters is 1. The summed E-state index contributed by atoms with van der Waals surface area (Å²) >= 11 is 0. The van der Waals surface area contributed by atoms with Crippen molar-refractivity contribution in [1.29, 1.82) is 0 Å². The fraction of sp³-hybridized carbons (Fsp3) is 0.824. The van der Waals surface area contributed by atoms with Gasteiger partial charge in [0.25, 0.3) is 0 Å². The predicted octanol–water partition coefficient (Wildman–Crippen LogP) is 4.65. The monoisotopic (exact) mass is 284 g/mol. The highest BCUT2D eigenvalue weighted by Crippen LogP contribution is 2.06. The Morgan fingerprint density at radius 1 is 0.850 bits per heavy atom. The Morgan fingerprint density at radius 3 is 1.90 bits per heavy atom. The Bertz CT molecular complexity index is 249. The van der Waals surface area contributed by atoms with E-state index in [4.69, 9.17) is 9.47 Å². The van der Waals surface area contributed by atoms with Crippen molar-refractivity contribution in [3.05, 3.63) is 12.2 Å². The zero-order chi connectivity index (χ0) is 15.1. The lowest BCUT2D eigenvalue weighted by Crippen LogP contribution is -2.06. The van der Waals surface area contributed by atoms with Gasteiger partial charge in [-0.25, -0.2) is 4.79 Å². The summed E-state index contributed by atoms with van der Waals surface area (Å²) in [6.07, 6.45) is 10.6. The van der Waals surface area contributed by atoms with Crippen LogP contribution in [0.25, 0.3) is 0 Å². The fourth-order valence-corrected chi connectivity index (χ4v) is 1.86. The normalized spacial score (nSPS) is 10.5. The molecule has 0 N–H and O–H groups in total. The number of hydrogen-bond donors (Lipinski definition) is 0. The van der Waals surface area contributed by atoms with Gasteiger partial charge in [0.15, 0.2) is 0 Å². The summed E-state index contributed by atoms with van der Waals surface area (Å²) < 4.78 is 10.6. The molecule has 0 atom stereocenters. The molecular weight excluding hydrogens is 252 g/mol. The molecule has 3 heteroatoms. The Kier molecular flexibility index (Phi) is 14.0. The van der Waals surface area contributed by atoms with Gasteiger partial charge in [0.1, 0.15) is 0 Å². The fourth-order valence-electron chi connectivity index (χ4n) is 1.86. The molecule has 3 nitrogen and oxygen atoms in total. The maximum atomic E-state index is 11.1. The number of carbonyl (C=O) groups excluding carboxylic acids is 1. The molecule has 0 unspecified atom stereocenters. The highest BCUT2D eigenvalue weighted by atomic mass is 16.5. The molecule has 0 aliphatic carbocycles. The molecule has 0 saturated heterocycles. The van der Waals surface area contributed by atoms with Gasteiger partial charge in [-0.1, -0.05) is 52.0 Å². The van der Waals surface area contributed by atoms with Crippen molar-refractivity contribution in [3.63, 3.8) is 0 Å². The molecule has 0 rings (SSSR count). The lowest BCUT2D eigenvalue weighted by atomic mass is 10.1. The summed E-state index contributed by atoms with van der Waals surface area (Å²) in [6.45, 7) is 9.77. The van der Waals surface area contributed by atoms with E-state index in [1.165, 1.54) is 38.5 Å². The third kappa shape index (κ3) is 13.6.